The fourth-order valence-electron chi connectivity index (χ4n) is 0.750. The normalized spacial score (nSPS) is 11.5. The number of nitrogens with two attached hydrogens (primary N) is 1. The molecule has 0 atom stereocenters. The molecule has 0 amide bonds. The Morgan fingerprint density at radius 1 is 1.54 bits per heavy atom. The van der Waals surface area contributed by atoms with Crippen molar-refractivity contribution < 1.29 is 4.39 Å². The van der Waals surface area contributed by atoms with Gasteiger partial charge in [0.05, 0.1) is 21.8 Å². The van der Waals surface area contributed by atoms with E-state index in [1.165, 1.54) is 12.1 Å². The molecule has 0 bridgehead atoms. The second kappa shape index (κ2) is 4.57. The Kier molecular flexibility index (Phi) is 3.68. The highest BCUT2D eigenvalue weighted by molar-refractivity contribution is 9.10. The monoisotopic (exact) mass is 309 g/mol. The van der Waals surface area contributed by atoms with Gasteiger partial charge in [-0.1, -0.05) is 0 Å². The van der Waals surface area contributed by atoms with E-state index in [0.29, 0.717) is 10.2 Å². The third-order valence-corrected chi connectivity index (χ3v) is 2.32. The van der Waals surface area contributed by atoms with Gasteiger partial charge in [-0.05, 0) is 34.1 Å². The largest absolute Gasteiger partial charge is 0.369 e. The molecule has 0 aromatic heterocycles. The molecule has 0 saturated heterocycles. The molecule has 3 nitrogen and oxygen atoms in total. The van der Waals surface area contributed by atoms with Gasteiger partial charge in [-0.25, -0.2) is 4.39 Å². The van der Waals surface area contributed by atoms with Crippen molar-refractivity contribution >= 4 is 43.7 Å². The molecule has 70 valence electrons. The lowest BCUT2D eigenvalue weighted by atomic mass is 10.3. The molecule has 1 aromatic carbocycles. The molecule has 0 fully saturated rings. The molecule has 1 rings (SSSR count). The van der Waals surface area contributed by atoms with Gasteiger partial charge in [0.15, 0.2) is 0 Å². The average Bonchev–Trinajstić information content (AvgIpc) is 2.09. The van der Waals surface area contributed by atoms with Crippen LogP contribution in [0.4, 0.5) is 10.1 Å². The summed E-state index contributed by atoms with van der Waals surface area (Å²) in [5.41, 5.74) is 6.04. The first kappa shape index (κ1) is 10.5. The van der Waals surface area contributed by atoms with Gasteiger partial charge in [0, 0.05) is 4.47 Å². The van der Waals surface area contributed by atoms with Crippen molar-refractivity contribution in [1.29, 1.82) is 0 Å². The van der Waals surface area contributed by atoms with E-state index >= 15 is 0 Å². The molecule has 1 aromatic rings. The minimum atomic E-state index is -0.313. The second-order valence-electron chi connectivity index (χ2n) is 2.22. The first-order valence-electron chi connectivity index (χ1n) is 3.30. The molecule has 13 heavy (non-hydrogen) atoms. The third kappa shape index (κ3) is 2.96. The lowest BCUT2D eigenvalue weighted by Crippen LogP contribution is -2.21. The number of hydrogen-bond acceptors (Lipinski definition) is 1. The Labute approximate surface area is 91.7 Å². The molecule has 0 aliphatic rings. The molecular formula is C7H6Br2FN3. The van der Waals surface area contributed by atoms with Gasteiger partial charge >= 0.3 is 0 Å². The number of rotatable bonds is 1. The van der Waals surface area contributed by atoms with Crippen molar-refractivity contribution in [3.05, 3.63) is 28.5 Å². The predicted octanol–water partition coefficient (Wildman–Crippen LogP) is 2.62. The summed E-state index contributed by atoms with van der Waals surface area (Å²) in [6, 6.07) is 4.23. The molecule has 0 heterocycles. The lowest BCUT2D eigenvalue weighted by molar-refractivity contribution is 0.627. The van der Waals surface area contributed by atoms with Crippen LogP contribution in [0.1, 0.15) is 0 Å². The summed E-state index contributed by atoms with van der Waals surface area (Å²) in [7, 11) is 0. The summed E-state index contributed by atoms with van der Waals surface area (Å²) in [6.07, 6.45) is 0. The van der Waals surface area contributed by atoms with Crippen molar-refractivity contribution in [2.24, 2.45) is 9.75 Å². The van der Waals surface area contributed by atoms with Crippen molar-refractivity contribution in [1.82, 2.24) is 0 Å². The van der Waals surface area contributed by atoms with Gasteiger partial charge in [-0.3, -0.25) is 0 Å². The van der Waals surface area contributed by atoms with Crippen LogP contribution >= 0.6 is 32.1 Å². The molecule has 3 N–H and O–H groups in total. The van der Waals surface area contributed by atoms with E-state index in [1.54, 1.807) is 6.07 Å². The highest BCUT2D eigenvalue weighted by atomic mass is 79.9. The van der Waals surface area contributed by atoms with Crippen LogP contribution in [0, 0.1) is 5.82 Å². The van der Waals surface area contributed by atoms with Crippen LogP contribution in [0.2, 0.25) is 0 Å². The van der Waals surface area contributed by atoms with Crippen LogP contribution in [0.25, 0.3) is 0 Å². The highest BCUT2D eigenvalue weighted by Crippen LogP contribution is 2.22. The molecule has 6 heteroatoms. The van der Waals surface area contributed by atoms with Gasteiger partial charge < -0.3 is 11.1 Å². The van der Waals surface area contributed by atoms with Gasteiger partial charge in [0.2, 0.25) is 5.96 Å². The van der Waals surface area contributed by atoms with Crippen LogP contribution in [-0.4, -0.2) is 5.96 Å². The number of halogens is 3. The van der Waals surface area contributed by atoms with Gasteiger partial charge in [0.1, 0.15) is 5.82 Å². The zero-order chi connectivity index (χ0) is 9.84. The first-order chi connectivity index (χ1) is 6.13. The third-order valence-electron chi connectivity index (χ3n) is 1.28. The smallest absolute Gasteiger partial charge is 0.205 e. The average molecular weight is 311 g/mol. The van der Waals surface area contributed by atoms with E-state index < -0.39 is 0 Å². The topological polar surface area (TPSA) is 50.4 Å². The SMILES string of the molecule is NC(=NBr)Nc1ccc(F)cc1Br. The minimum absolute atomic E-state index is 0.201. The van der Waals surface area contributed by atoms with Crippen LogP contribution in [-0.2, 0) is 0 Å². The van der Waals surface area contributed by atoms with Crippen LogP contribution < -0.4 is 11.1 Å². The van der Waals surface area contributed by atoms with Gasteiger partial charge in [0.25, 0.3) is 0 Å². The fraction of sp³-hybridized carbons (Fsp3) is 0. The molecule has 0 radical (unpaired) electrons. The summed E-state index contributed by atoms with van der Waals surface area (Å²) >= 11 is 6.00. The van der Waals surface area contributed by atoms with E-state index in [2.05, 4.69) is 41.4 Å². The number of hydrogen-bond donors (Lipinski definition) is 2. The zero-order valence-electron chi connectivity index (χ0n) is 6.39. The van der Waals surface area contributed by atoms with E-state index in [-0.39, 0.29) is 11.8 Å². The summed E-state index contributed by atoms with van der Waals surface area (Å²) in [5, 5.41) is 2.75. The maximum atomic E-state index is 12.6. The molecule has 0 unspecified atom stereocenters. The summed E-state index contributed by atoms with van der Waals surface area (Å²) < 4.78 is 16.8. The Morgan fingerprint density at radius 2 is 2.23 bits per heavy atom. The van der Waals surface area contributed by atoms with Gasteiger partial charge in [-0.2, -0.15) is 4.02 Å². The number of nitrogens with zero attached hydrogens (tertiary/aromatic N) is 1. The number of benzene rings is 1. The second-order valence-corrected chi connectivity index (χ2v) is 3.43. The quantitative estimate of drug-likeness (QED) is 0.619. The fourth-order valence-corrected chi connectivity index (χ4v) is 1.29. The highest BCUT2D eigenvalue weighted by Gasteiger charge is 2.01. The van der Waals surface area contributed by atoms with E-state index in [9.17, 15) is 4.39 Å². The Morgan fingerprint density at radius 3 is 2.77 bits per heavy atom. The van der Waals surface area contributed by atoms with E-state index in [1.807, 2.05) is 0 Å². The standard InChI is InChI=1S/C7H6Br2FN3/c8-5-3-4(10)1-2-6(5)12-7(11)13-9/h1-3H,(H3,11,12,13). The van der Waals surface area contributed by atoms with Crippen LogP contribution in [0.15, 0.2) is 26.7 Å². The van der Waals surface area contributed by atoms with E-state index in [0.717, 1.165) is 0 Å². The predicted molar refractivity (Wildman–Crippen MR) is 58.3 cm³/mol. The van der Waals surface area contributed by atoms with Crippen LogP contribution in [0.5, 0.6) is 0 Å². The number of nitrogens with one attached hydrogen (secondary N) is 1. The first-order valence-corrected chi connectivity index (χ1v) is 4.80. The maximum Gasteiger partial charge on any atom is 0.205 e. The zero-order valence-corrected chi connectivity index (χ0v) is 9.56. The lowest BCUT2D eigenvalue weighted by Gasteiger charge is -2.05. The summed E-state index contributed by atoms with van der Waals surface area (Å²) in [5.74, 6) is -0.112. The molecule has 0 aliphatic carbocycles. The minimum Gasteiger partial charge on any atom is -0.369 e. The summed E-state index contributed by atoms with van der Waals surface area (Å²) in [4.78, 5) is 0. The maximum absolute atomic E-state index is 12.6. The van der Waals surface area contributed by atoms with Crippen molar-refractivity contribution in [2.45, 2.75) is 0 Å². The van der Waals surface area contributed by atoms with E-state index in [4.69, 9.17) is 5.73 Å². The van der Waals surface area contributed by atoms with Crippen molar-refractivity contribution in [3.63, 3.8) is 0 Å². The molecule has 0 aliphatic heterocycles. The Bertz CT molecular complexity index is 341. The molecule has 0 spiro atoms. The Hall–Kier alpha value is -0.620. The summed E-state index contributed by atoms with van der Waals surface area (Å²) in [6.45, 7) is 0. The number of anilines is 1. The molecule has 0 saturated carbocycles. The van der Waals surface area contributed by atoms with Crippen molar-refractivity contribution in [2.75, 3.05) is 5.32 Å². The van der Waals surface area contributed by atoms with Crippen molar-refractivity contribution in [3.8, 4) is 0 Å². The number of guanidine groups is 1. The molecular weight excluding hydrogens is 305 g/mol. The van der Waals surface area contributed by atoms with Gasteiger partial charge in [-0.15, -0.1) is 0 Å². The van der Waals surface area contributed by atoms with Crippen LogP contribution in [0.3, 0.4) is 0 Å². The Balaban J connectivity index is 2.90.